The third kappa shape index (κ3) is 3.24. The normalized spacial score (nSPS) is 14.5. The van der Waals surface area contributed by atoms with Crippen LogP contribution in [0.2, 0.25) is 0 Å². The topological polar surface area (TPSA) is 64.7 Å². The molecule has 17 heavy (non-hydrogen) atoms. The first-order chi connectivity index (χ1) is 8.31. The van der Waals surface area contributed by atoms with Gasteiger partial charge in [0.1, 0.15) is 5.51 Å². The van der Waals surface area contributed by atoms with Gasteiger partial charge in [-0.15, -0.1) is 10.2 Å². The van der Waals surface area contributed by atoms with Crippen molar-refractivity contribution in [3.05, 3.63) is 35.6 Å². The Bertz CT molecular complexity index is 432. The fourth-order valence-electron chi connectivity index (χ4n) is 1.45. The molecule has 0 radical (unpaired) electrons. The van der Waals surface area contributed by atoms with E-state index >= 15 is 0 Å². The molecule has 2 atom stereocenters. The van der Waals surface area contributed by atoms with Crippen molar-refractivity contribution in [2.45, 2.75) is 29.0 Å². The predicted molar refractivity (Wildman–Crippen MR) is 71.0 cm³/mol. The first-order valence-electron chi connectivity index (χ1n) is 5.40. The van der Waals surface area contributed by atoms with Crippen LogP contribution in [0.1, 0.15) is 24.3 Å². The van der Waals surface area contributed by atoms with Crippen LogP contribution in [0.3, 0.4) is 0 Å². The van der Waals surface area contributed by atoms with E-state index in [1.807, 2.05) is 18.2 Å². The SMILES string of the molecule is CCC(N)C(Sc1nncs1)c1ccccn1. The van der Waals surface area contributed by atoms with Crippen molar-refractivity contribution < 1.29 is 0 Å². The van der Waals surface area contributed by atoms with Crippen LogP contribution in [0, 0.1) is 0 Å². The predicted octanol–water partition coefficient (Wildman–Crippen LogP) is 2.50. The van der Waals surface area contributed by atoms with Crippen molar-refractivity contribution in [2.24, 2.45) is 5.73 Å². The number of rotatable bonds is 5. The van der Waals surface area contributed by atoms with Gasteiger partial charge >= 0.3 is 0 Å². The average molecular weight is 266 g/mol. The minimum atomic E-state index is 0.0683. The van der Waals surface area contributed by atoms with Gasteiger partial charge in [0.15, 0.2) is 4.34 Å². The van der Waals surface area contributed by atoms with Crippen LogP contribution < -0.4 is 5.73 Å². The number of nitrogens with two attached hydrogens (primary N) is 1. The molecule has 2 aromatic heterocycles. The number of pyridine rings is 1. The zero-order chi connectivity index (χ0) is 12.1. The van der Waals surface area contributed by atoms with Gasteiger partial charge in [-0.2, -0.15) is 0 Å². The van der Waals surface area contributed by atoms with Gasteiger partial charge in [-0.05, 0) is 18.6 Å². The summed E-state index contributed by atoms with van der Waals surface area (Å²) in [4.78, 5) is 4.38. The Morgan fingerprint density at radius 2 is 2.35 bits per heavy atom. The molecule has 0 bridgehead atoms. The first-order valence-corrected chi connectivity index (χ1v) is 7.16. The second-order valence-corrected chi connectivity index (χ2v) is 5.79. The van der Waals surface area contributed by atoms with E-state index in [1.165, 1.54) is 11.3 Å². The second kappa shape index (κ2) is 6.09. The highest BCUT2D eigenvalue weighted by atomic mass is 32.2. The zero-order valence-electron chi connectivity index (χ0n) is 9.48. The van der Waals surface area contributed by atoms with Gasteiger partial charge in [0.05, 0.1) is 10.9 Å². The summed E-state index contributed by atoms with van der Waals surface area (Å²) in [7, 11) is 0. The maximum atomic E-state index is 6.16. The Balaban J connectivity index is 2.20. The van der Waals surface area contributed by atoms with Gasteiger partial charge in [-0.25, -0.2) is 0 Å². The largest absolute Gasteiger partial charge is 0.326 e. The molecule has 0 aliphatic rings. The summed E-state index contributed by atoms with van der Waals surface area (Å²) < 4.78 is 0.935. The lowest BCUT2D eigenvalue weighted by Gasteiger charge is -2.20. The smallest absolute Gasteiger partial charge is 0.174 e. The van der Waals surface area contributed by atoms with E-state index in [2.05, 4.69) is 22.1 Å². The van der Waals surface area contributed by atoms with Gasteiger partial charge in [-0.3, -0.25) is 4.98 Å². The molecule has 0 saturated heterocycles. The van der Waals surface area contributed by atoms with E-state index in [-0.39, 0.29) is 11.3 Å². The third-order valence-corrected chi connectivity index (χ3v) is 4.60. The van der Waals surface area contributed by atoms with Gasteiger partial charge in [-0.1, -0.05) is 36.1 Å². The summed E-state index contributed by atoms with van der Waals surface area (Å²) in [5.74, 6) is 0. The monoisotopic (exact) mass is 266 g/mol. The maximum absolute atomic E-state index is 6.16. The molecule has 6 heteroatoms. The maximum Gasteiger partial charge on any atom is 0.174 e. The summed E-state index contributed by atoms with van der Waals surface area (Å²) >= 11 is 3.17. The number of nitrogens with zero attached hydrogens (tertiary/aromatic N) is 3. The fourth-order valence-corrected chi connectivity index (χ4v) is 3.33. The molecule has 0 saturated carbocycles. The van der Waals surface area contributed by atoms with Gasteiger partial charge in [0, 0.05) is 12.2 Å². The van der Waals surface area contributed by atoms with E-state index in [0.717, 1.165) is 16.5 Å². The average Bonchev–Trinajstić information content (AvgIpc) is 2.89. The molecule has 4 nitrogen and oxygen atoms in total. The van der Waals surface area contributed by atoms with Gasteiger partial charge in [0.25, 0.3) is 0 Å². The highest BCUT2D eigenvalue weighted by molar-refractivity contribution is 8.01. The van der Waals surface area contributed by atoms with E-state index in [9.17, 15) is 0 Å². The second-order valence-electron chi connectivity index (χ2n) is 3.57. The molecule has 2 aromatic rings. The van der Waals surface area contributed by atoms with Gasteiger partial charge < -0.3 is 5.73 Å². The van der Waals surface area contributed by atoms with Crippen LogP contribution in [-0.2, 0) is 0 Å². The van der Waals surface area contributed by atoms with Crippen molar-refractivity contribution in [3.8, 4) is 0 Å². The first kappa shape index (κ1) is 12.5. The molecule has 0 aromatic carbocycles. The molecule has 0 fully saturated rings. The van der Waals surface area contributed by atoms with E-state index in [0.29, 0.717) is 0 Å². The highest BCUT2D eigenvalue weighted by Gasteiger charge is 2.22. The Morgan fingerprint density at radius 3 is 2.94 bits per heavy atom. The lowest BCUT2D eigenvalue weighted by molar-refractivity contribution is 0.624. The molecule has 90 valence electrons. The molecule has 0 spiro atoms. The Kier molecular flexibility index (Phi) is 4.47. The lowest BCUT2D eigenvalue weighted by atomic mass is 10.1. The summed E-state index contributed by atoms with van der Waals surface area (Å²) in [6, 6.07) is 5.97. The molecule has 0 aliphatic carbocycles. The van der Waals surface area contributed by atoms with Crippen LogP contribution in [0.4, 0.5) is 0 Å². The minimum absolute atomic E-state index is 0.0683. The Labute approximate surface area is 109 Å². The molecule has 2 rings (SSSR count). The fraction of sp³-hybridized carbons (Fsp3) is 0.364. The summed E-state index contributed by atoms with van der Waals surface area (Å²) in [5, 5.41) is 8.02. The van der Waals surface area contributed by atoms with E-state index in [4.69, 9.17) is 5.73 Å². The van der Waals surface area contributed by atoms with Crippen molar-refractivity contribution in [2.75, 3.05) is 0 Å². The Hall–Kier alpha value is -0.980. The van der Waals surface area contributed by atoms with E-state index < -0.39 is 0 Å². The molecule has 2 N–H and O–H groups in total. The van der Waals surface area contributed by atoms with Crippen LogP contribution in [-0.4, -0.2) is 21.2 Å². The number of hydrogen-bond donors (Lipinski definition) is 1. The summed E-state index contributed by atoms with van der Waals surface area (Å²) in [6.45, 7) is 2.08. The van der Waals surface area contributed by atoms with Crippen LogP contribution in [0.15, 0.2) is 34.2 Å². The lowest BCUT2D eigenvalue weighted by Crippen LogP contribution is -2.26. The minimum Gasteiger partial charge on any atom is -0.326 e. The van der Waals surface area contributed by atoms with Crippen LogP contribution in [0.5, 0.6) is 0 Å². The standard InChI is InChI=1S/C11H14N4S2/c1-2-8(12)10(9-5-3-4-6-13-9)17-11-15-14-7-16-11/h3-8,10H,2,12H2,1H3. The van der Waals surface area contributed by atoms with Crippen molar-refractivity contribution in [3.63, 3.8) is 0 Å². The number of aromatic nitrogens is 3. The number of thioether (sulfide) groups is 1. The molecule has 2 heterocycles. The van der Waals surface area contributed by atoms with Crippen molar-refractivity contribution >= 4 is 23.1 Å². The molecule has 2 unspecified atom stereocenters. The van der Waals surface area contributed by atoms with Crippen molar-refractivity contribution in [1.29, 1.82) is 0 Å². The third-order valence-electron chi connectivity index (χ3n) is 2.41. The van der Waals surface area contributed by atoms with Gasteiger partial charge in [0.2, 0.25) is 0 Å². The van der Waals surface area contributed by atoms with E-state index in [1.54, 1.807) is 23.5 Å². The summed E-state index contributed by atoms with van der Waals surface area (Å²) in [6.07, 6.45) is 2.71. The van der Waals surface area contributed by atoms with Crippen LogP contribution >= 0.6 is 23.1 Å². The molecular formula is C11H14N4S2. The highest BCUT2D eigenvalue weighted by Crippen LogP contribution is 2.37. The zero-order valence-corrected chi connectivity index (χ0v) is 11.1. The molecule has 0 amide bonds. The molecular weight excluding hydrogens is 252 g/mol. The van der Waals surface area contributed by atoms with Crippen LogP contribution in [0.25, 0.3) is 0 Å². The number of hydrogen-bond acceptors (Lipinski definition) is 6. The summed E-state index contributed by atoms with van der Waals surface area (Å²) in [5.41, 5.74) is 8.89. The quantitative estimate of drug-likeness (QED) is 0.842. The Morgan fingerprint density at radius 1 is 1.47 bits per heavy atom. The van der Waals surface area contributed by atoms with Crippen molar-refractivity contribution in [1.82, 2.24) is 15.2 Å². The molecule has 0 aliphatic heterocycles.